The maximum atomic E-state index is 12.9. The number of hydrogen-bond donors (Lipinski definition) is 5. The van der Waals surface area contributed by atoms with Crippen LogP contribution in [0.5, 0.6) is 5.75 Å². The van der Waals surface area contributed by atoms with E-state index < -0.39 is 42.9 Å². The number of fused-ring (bicyclic) bond motifs is 1. The summed E-state index contributed by atoms with van der Waals surface area (Å²) in [6, 6.07) is 4.38. The van der Waals surface area contributed by atoms with Gasteiger partial charge in [0.2, 0.25) is 12.2 Å². The van der Waals surface area contributed by atoms with Crippen molar-refractivity contribution >= 4 is 22.6 Å². The van der Waals surface area contributed by atoms with E-state index in [1.807, 2.05) is 0 Å². The molecule has 42 heavy (non-hydrogen) atoms. The first-order chi connectivity index (χ1) is 20.2. The summed E-state index contributed by atoms with van der Waals surface area (Å²) in [6.45, 7) is 3.37. The lowest BCUT2D eigenvalue weighted by atomic mass is 9.99. The van der Waals surface area contributed by atoms with Gasteiger partial charge in [-0.05, 0) is 25.0 Å². The molecule has 0 unspecified atom stereocenters. The molecule has 1 saturated heterocycles. The number of carbonyl (C=O) groups is 1. The van der Waals surface area contributed by atoms with Gasteiger partial charge in [-0.2, -0.15) is 0 Å². The molecule has 5 atom stereocenters. The van der Waals surface area contributed by atoms with Crippen molar-refractivity contribution in [2.24, 2.45) is 0 Å². The number of aliphatic hydroxyl groups is 4. The van der Waals surface area contributed by atoms with Crippen LogP contribution in [0.15, 0.2) is 27.4 Å². The largest absolute Gasteiger partial charge is 0.460 e. The minimum Gasteiger partial charge on any atom is -0.460 e. The number of amides is 1. The predicted molar refractivity (Wildman–Crippen MR) is 161 cm³/mol. The highest BCUT2D eigenvalue weighted by Gasteiger charge is 2.45. The highest BCUT2D eigenvalue weighted by atomic mass is 16.7. The van der Waals surface area contributed by atoms with Gasteiger partial charge in [0, 0.05) is 23.9 Å². The number of benzene rings is 1. The first kappa shape index (κ1) is 34.0. The molecule has 1 aliphatic heterocycles. The minimum absolute atomic E-state index is 0.0410. The van der Waals surface area contributed by atoms with Gasteiger partial charge in [0.25, 0.3) is 0 Å². The maximum Gasteiger partial charge on any atom is 0.336 e. The normalized spacial score (nSPS) is 22.4. The first-order valence-corrected chi connectivity index (χ1v) is 15.6. The molecule has 10 nitrogen and oxygen atoms in total. The molecule has 1 fully saturated rings. The van der Waals surface area contributed by atoms with Crippen LogP contribution in [0.3, 0.4) is 0 Å². The van der Waals surface area contributed by atoms with Crippen LogP contribution in [0.25, 0.3) is 11.0 Å². The summed E-state index contributed by atoms with van der Waals surface area (Å²) < 4.78 is 16.6. The Morgan fingerprint density at radius 2 is 1.45 bits per heavy atom. The minimum atomic E-state index is -1.64. The third-order valence-electron chi connectivity index (χ3n) is 7.92. The number of unbranched alkanes of at least 4 members (excludes halogenated alkanes) is 12. The van der Waals surface area contributed by atoms with Crippen LogP contribution >= 0.6 is 0 Å². The highest BCUT2D eigenvalue weighted by Crippen LogP contribution is 2.34. The van der Waals surface area contributed by atoms with E-state index in [1.165, 1.54) is 76.3 Å². The second-order valence-corrected chi connectivity index (χ2v) is 11.4. The van der Waals surface area contributed by atoms with Crippen molar-refractivity contribution in [1.29, 1.82) is 0 Å². The Morgan fingerprint density at radius 3 is 2.05 bits per heavy atom. The van der Waals surface area contributed by atoms with Crippen molar-refractivity contribution in [3.8, 4) is 5.75 Å². The Labute approximate surface area is 248 Å². The lowest BCUT2D eigenvalue weighted by Crippen LogP contribution is -2.60. The lowest BCUT2D eigenvalue weighted by Gasteiger charge is -2.39. The summed E-state index contributed by atoms with van der Waals surface area (Å²) in [7, 11) is 0. The van der Waals surface area contributed by atoms with Gasteiger partial charge < -0.3 is 39.6 Å². The average Bonchev–Trinajstić information content (AvgIpc) is 2.96. The fourth-order valence-corrected chi connectivity index (χ4v) is 5.35. The molecule has 1 aromatic carbocycles. The van der Waals surface area contributed by atoms with Crippen molar-refractivity contribution in [2.45, 2.75) is 134 Å². The van der Waals surface area contributed by atoms with E-state index in [1.54, 1.807) is 13.0 Å². The molecular formula is C32H49NO9. The van der Waals surface area contributed by atoms with Crippen LogP contribution in [-0.4, -0.2) is 63.6 Å². The van der Waals surface area contributed by atoms with Gasteiger partial charge in [0.15, 0.2) is 0 Å². The summed E-state index contributed by atoms with van der Waals surface area (Å²) in [5.74, 6) is -0.176. The van der Waals surface area contributed by atoms with Crippen molar-refractivity contribution in [1.82, 2.24) is 0 Å². The van der Waals surface area contributed by atoms with E-state index in [4.69, 9.17) is 13.9 Å². The van der Waals surface area contributed by atoms with E-state index in [-0.39, 0.29) is 22.9 Å². The molecule has 0 spiro atoms. The SMILES string of the molecule is CCCCCCCCCCCCCCCC(=O)Nc1cc2c(C)cc(=O)oc2cc1O[C@@H]1O[C@H](CO)[C@H](O)[C@H](O)[C@H]1O. The monoisotopic (exact) mass is 591 g/mol. The quantitative estimate of drug-likeness (QED) is 0.122. The zero-order valence-electron chi connectivity index (χ0n) is 25.1. The average molecular weight is 592 g/mol. The number of nitrogens with one attached hydrogen (secondary N) is 1. The fraction of sp³-hybridized carbons (Fsp3) is 0.688. The Kier molecular flexibility index (Phi) is 14.2. The number of anilines is 1. The van der Waals surface area contributed by atoms with Crippen molar-refractivity contribution in [3.05, 3.63) is 34.2 Å². The summed E-state index contributed by atoms with van der Waals surface area (Å²) in [4.78, 5) is 24.8. The number of hydrogen-bond acceptors (Lipinski definition) is 9. The van der Waals surface area contributed by atoms with Crippen molar-refractivity contribution < 1.29 is 39.1 Å². The van der Waals surface area contributed by atoms with Crippen LogP contribution in [0.2, 0.25) is 0 Å². The second-order valence-electron chi connectivity index (χ2n) is 11.4. The van der Waals surface area contributed by atoms with Crippen LogP contribution in [-0.2, 0) is 9.53 Å². The molecule has 2 heterocycles. The van der Waals surface area contributed by atoms with Crippen molar-refractivity contribution in [2.75, 3.05) is 11.9 Å². The topological polar surface area (TPSA) is 159 Å². The molecule has 0 radical (unpaired) electrons. The zero-order valence-corrected chi connectivity index (χ0v) is 25.1. The molecule has 2 aromatic rings. The number of aryl methyl sites for hydroxylation is 1. The van der Waals surface area contributed by atoms with Gasteiger partial charge in [0.05, 0.1) is 12.3 Å². The molecule has 0 aliphatic carbocycles. The van der Waals surface area contributed by atoms with E-state index in [0.29, 0.717) is 17.4 Å². The predicted octanol–water partition coefficient (Wildman–Crippen LogP) is 4.70. The molecule has 0 saturated carbocycles. The van der Waals surface area contributed by atoms with Gasteiger partial charge in [-0.3, -0.25) is 4.79 Å². The van der Waals surface area contributed by atoms with Crippen LogP contribution in [0.1, 0.15) is 102 Å². The number of ether oxygens (including phenoxy) is 2. The molecule has 10 heteroatoms. The summed E-state index contributed by atoms with van der Waals surface area (Å²) >= 11 is 0. The Hall–Kier alpha value is -2.50. The Balaban J connectivity index is 1.53. The van der Waals surface area contributed by atoms with E-state index in [2.05, 4.69) is 12.2 Å². The van der Waals surface area contributed by atoms with E-state index in [9.17, 15) is 30.0 Å². The molecular weight excluding hydrogens is 542 g/mol. The third-order valence-corrected chi connectivity index (χ3v) is 7.92. The van der Waals surface area contributed by atoms with Gasteiger partial charge in [0.1, 0.15) is 35.7 Å². The summed E-state index contributed by atoms with van der Waals surface area (Å²) in [5, 5.41) is 43.6. The Morgan fingerprint density at radius 1 is 0.857 bits per heavy atom. The fourth-order valence-electron chi connectivity index (χ4n) is 5.35. The lowest BCUT2D eigenvalue weighted by molar-refractivity contribution is -0.277. The highest BCUT2D eigenvalue weighted by molar-refractivity contribution is 5.96. The second kappa shape index (κ2) is 17.6. The molecule has 3 rings (SSSR count). The molecule has 5 N–H and O–H groups in total. The summed E-state index contributed by atoms with van der Waals surface area (Å²) in [6.07, 6.45) is 8.64. The maximum absolute atomic E-state index is 12.9. The number of aliphatic hydroxyl groups excluding tert-OH is 4. The van der Waals surface area contributed by atoms with Crippen LogP contribution in [0, 0.1) is 6.92 Å². The van der Waals surface area contributed by atoms with Gasteiger partial charge in [-0.1, -0.05) is 84.0 Å². The van der Waals surface area contributed by atoms with Gasteiger partial charge in [-0.25, -0.2) is 4.79 Å². The number of rotatable bonds is 18. The van der Waals surface area contributed by atoms with E-state index in [0.717, 1.165) is 19.3 Å². The molecule has 236 valence electrons. The Bertz CT molecular complexity index is 1160. The summed E-state index contributed by atoms with van der Waals surface area (Å²) in [5.41, 5.74) is 0.566. The van der Waals surface area contributed by atoms with Gasteiger partial charge in [-0.15, -0.1) is 0 Å². The molecule has 0 bridgehead atoms. The third kappa shape index (κ3) is 10.1. The molecule has 1 aliphatic rings. The zero-order chi connectivity index (χ0) is 30.5. The first-order valence-electron chi connectivity index (χ1n) is 15.6. The van der Waals surface area contributed by atoms with Crippen LogP contribution in [0.4, 0.5) is 5.69 Å². The van der Waals surface area contributed by atoms with Gasteiger partial charge >= 0.3 is 5.63 Å². The number of carbonyl (C=O) groups excluding carboxylic acids is 1. The van der Waals surface area contributed by atoms with Crippen LogP contribution < -0.4 is 15.7 Å². The molecule has 1 amide bonds. The molecule has 1 aromatic heterocycles. The standard InChI is InChI=1S/C32H49NO9/c1-3-4-5-6-7-8-9-10-11-12-13-14-15-16-27(35)33-23-18-22-21(2)17-28(36)40-24(22)19-25(23)41-32-31(39)30(38)29(37)26(20-34)42-32/h17-19,26,29-32,34,37-39H,3-16,20H2,1-2H3,(H,33,35)/t26-,29+,30+,31-,32-/m1/s1. The smallest absolute Gasteiger partial charge is 0.336 e. The van der Waals surface area contributed by atoms with Crippen molar-refractivity contribution in [3.63, 3.8) is 0 Å². The van der Waals surface area contributed by atoms with E-state index >= 15 is 0 Å².